The van der Waals surface area contributed by atoms with E-state index in [0.717, 1.165) is 10.6 Å². The van der Waals surface area contributed by atoms with E-state index >= 15 is 0 Å². The molecule has 2 aromatic rings. The molecule has 0 bridgehead atoms. The minimum absolute atomic E-state index is 0.149. The number of nitrogens with two attached hydrogens (primary N) is 1. The summed E-state index contributed by atoms with van der Waals surface area (Å²) in [4.78, 5) is 18.9. The Morgan fingerprint density at radius 2 is 2.41 bits per heavy atom. The second kappa shape index (κ2) is 4.54. The van der Waals surface area contributed by atoms with Crippen molar-refractivity contribution < 1.29 is 4.79 Å². The van der Waals surface area contributed by atoms with Gasteiger partial charge >= 0.3 is 0 Å². The van der Waals surface area contributed by atoms with Gasteiger partial charge in [0.2, 0.25) is 0 Å². The molecule has 0 fully saturated rings. The van der Waals surface area contributed by atoms with Crippen LogP contribution in [-0.4, -0.2) is 33.0 Å². The lowest BCUT2D eigenvalue weighted by Crippen LogP contribution is -2.26. The van der Waals surface area contributed by atoms with Crippen LogP contribution in [-0.2, 0) is 6.54 Å². The molecule has 90 valence electrons. The molecule has 6 nitrogen and oxygen atoms in total. The fourth-order valence-corrected chi connectivity index (χ4v) is 2.27. The van der Waals surface area contributed by atoms with E-state index in [9.17, 15) is 4.79 Å². The summed E-state index contributed by atoms with van der Waals surface area (Å²) in [6.45, 7) is 2.45. The molecule has 0 saturated carbocycles. The maximum Gasteiger partial charge on any atom is 0.259 e. The van der Waals surface area contributed by atoms with Crippen LogP contribution in [0.3, 0.4) is 0 Å². The van der Waals surface area contributed by atoms with Gasteiger partial charge in [-0.05, 0) is 6.92 Å². The Kier molecular flexibility index (Phi) is 3.10. The van der Waals surface area contributed by atoms with E-state index in [1.807, 2.05) is 6.92 Å². The van der Waals surface area contributed by atoms with Crippen molar-refractivity contribution in [3.05, 3.63) is 27.8 Å². The van der Waals surface area contributed by atoms with Gasteiger partial charge in [-0.3, -0.25) is 9.89 Å². The summed E-state index contributed by atoms with van der Waals surface area (Å²) in [5.41, 5.74) is 8.73. The third kappa shape index (κ3) is 2.28. The Hall–Kier alpha value is -1.89. The first-order valence-corrected chi connectivity index (χ1v) is 5.91. The van der Waals surface area contributed by atoms with Crippen LogP contribution in [0.5, 0.6) is 0 Å². The Balaban J connectivity index is 2.11. The van der Waals surface area contributed by atoms with Crippen molar-refractivity contribution in [1.29, 1.82) is 0 Å². The average Bonchev–Trinajstić information content (AvgIpc) is 2.88. The van der Waals surface area contributed by atoms with Gasteiger partial charge in [0.15, 0.2) is 0 Å². The Morgan fingerprint density at radius 3 is 2.94 bits per heavy atom. The van der Waals surface area contributed by atoms with E-state index in [1.165, 1.54) is 17.5 Å². The molecule has 0 radical (unpaired) electrons. The summed E-state index contributed by atoms with van der Waals surface area (Å²) in [7, 11) is 1.73. The van der Waals surface area contributed by atoms with Crippen LogP contribution >= 0.6 is 11.3 Å². The van der Waals surface area contributed by atoms with Crippen molar-refractivity contribution in [2.24, 2.45) is 0 Å². The van der Waals surface area contributed by atoms with E-state index in [4.69, 9.17) is 5.73 Å². The fourth-order valence-electron chi connectivity index (χ4n) is 1.44. The minimum atomic E-state index is -0.149. The van der Waals surface area contributed by atoms with Gasteiger partial charge in [-0.15, -0.1) is 11.3 Å². The number of aromatic amines is 1. The van der Waals surface area contributed by atoms with Gasteiger partial charge in [0.1, 0.15) is 11.4 Å². The first kappa shape index (κ1) is 11.6. The van der Waals surface area contributed by atoms with Crippen LogP contribution in [0.1, 0.15) is 20.9 Å². The summed E-state index contributed by atoms with van der Waals surface area (Å²) in [6, 6.07) is 0. The molecule has 2 aromatic heterocycles. The van der Waals surface area contributed by atoms with Crippen LogP contribution in [0.15, 0.2) is 11.7 Å². The predicted octanol–water partition coefficient (Wildman–Crippen LogP) is 1.03. The summed E-state index contributed by atoms with van der Waals surface area (Å²) < 4.78 is 0. The van der Waals surface area contributed by atoms with Crippen LogP contribution in [0.4, 0.5) is 5.82 Å². The van der Waals surface area contributed by atoms with Crippen LogP contribution in [0, 0.1) is 6.92 Å². The molecule has 17 heavy (non-hydrogen) atoms. The van der Waals surface area contributed by atoms with Gasteiger partial charge in [0, 0.05) is 11.9 Å². The van der Waals surface area contributed by atoms with Gasteiger partial charge < -0.3 is 10.6 Å². The number of nitrogen functional groups attached to an aromatic ring is 1. The maximum absolute atomic E-state index is 12.0. The quantitative estimate of drug-likeness (QED) is 0.852. The third-order valence-electron chi connectivity index (χ3n) is 2.47. The molecule has 0 spiro atoms. The van der Waals surface area contributed by atoms with Crippen molar-refractivity contribution in [1.82, 2.24) is 20.1 Å². The number of nitrogens with zero attached hydrogens (tertiary/aromatic N) is 3. The number of anilines is 1. The molecular formula is C10H13N5OS. The predicted molar refractivity (Wildman–Crippen MR) is 65.6 cm³/mol. The third-order valence-corrected chi connectivity index (χ3v) is 3.39. The fraction of sp³-hybridized carbons (Fsp3) is 0.300. The SMILES string of the molecule is Cc1ncsc1CN(C)C(=O)c1cn[nH]c1N. The number of amides is 1. The van der Waals surface area contributed by atoms with E-state index in [1.54, 1.807) is 17.5 Å². The lowest BCUT2D eigenvalue weighted by molar-refractivity contribution is 0.0787. The summed E-state index contributed by atoms with van der Waals surface area (Å²) in [5.74, 6) is 0.145. The van der Waals surface area contributed by atoms with Crippen LogP contribution < -0.4 is 5.73 Å². The van der Waals surface area contributed by atoms with Gasteiger partial charge in [-0.1, -0.05) is 0 Å². The summed E-state index contributed by atoms with van der Waals surface area (Å²) in [6.07, 6.45) is 1.44. The minimum Gasteiger partial charge on any atom is -0.383 e. The Labute approximate surface area is 102 Å². The molecule has 2 rings (SSSR count). The number of carbonyl (C=O) groups is 1. The first-order chi connectivity index (χ1) is 8.09. The highest BCUT2D eigenvalue weighted by Gasteiger charge is 2.17. The van der Waals surface area contributed by atoms with Gasteiger partial charge in [0.25, 0.3) is 5.91 Å². The molecule has 0 aliphatic rings. The molecule has 2 heterocycles. The largest absolute Gasteiger partial charge is 0.383 e. The number of nitrogens with one attached hydrogen (secondary N) is 1. The number of carbonyl (C=O) groups excluding carboxylic acids is 1. The van der Waals surface area contributed by atoms with E-state index in [2.05, 4.69) is 15.2 Å². The van der Waals surface area contributed by atoms with E-state index in [-0.39, 0.29) is 5.91 Å². The summed E-state index contributed by atoms with van der Waals surface area (Å²) >= 11 is 1.54. The highest BCUT2D eigenvalue weighted by atomic mass is 32.1. The molecule has 1 amide bonds. The van der Waals surface area contributed by atoms with Crippen LogP contribution in [0.25, 0.3) is 0 Å². The van der Waals surface area contributed by atoms with Crippen molar-refractivity contribution >= 4 is 23.1 Å². The molecule has 3 N–H and O–H groups in total. The second-order valence-electron chi connectivity index (χ2n) is 3.72. The van der Waals surface area contributed by atoms with E-state index in [0.29, 0.717) is 17.9 Å². The van der Waals surface area contributed by atoms with Crippen molar-refractivity contribution in [2.45, 2.75) is 13.5 Å². The number of aryl methyl sites for hydroxylation is 1. The second-order valence-corrected chi connectivity index (χ2v) is 4.66. The van der Waals surface area contributed by atoms with E-state index < -0.39 is 0 Å². The molecule has 0 atom stereocenters. The number of hydrogen-bond donors (Lipinski definition) is 2. The van der Waals surface area contributed by atoms with Crippen molar-refractivity contribution in [2.75, 3.05) is 12.8 Å². The zero-order chi connectivity index (χ0) is 12.4. The molecule has 7 heteroatoms. The standard InChI is InChI=1S/C10H13N5OS/c1-6-8(17-5-12-6)4-15(2)10(16)7-3-13-14-9(7)11/h3,5H,4H2,1-2H3,(H3,11,13,14). The average molecular weight is 251 g/mol. The van der Waals surface area contributed by atoms with Gasteiger partial charge in [0.05, 0.1) is 23.9 Å². The molecule has 0 aliphatic heterocycles. The van der Waals surface area contributed by atoms with Crippen molar-refractivity contribution in [3.63, 3.8) is 0 Å². The number of hydrogen-bond acceptors (Lipinski definition) is 5. The Morgan fingerprint density at radius 1 is 1.65 bits per heavy atom. The molecule has 0 saturated heterocycles. The zero-order valence-corrected chi connectivity index (χ0v) is 10.4. The Bertz CT molecular complexity index is 532. The number of thiazole rings is 1. The van der Waals surface area contributed by atoms with Gasteiger partial charge in [-0.2, -0.15) is 5.10 Å². The number of aromatic nitrogens is 3. The number of rotatable bonds is 3. The molecule has 0 aliphatic carbocycles. The highest BCUT2D eigenvalue weighted by molar-refractivity contribution is 7.09. The topological polar surface area (TPSA) is 87.9 Å². The van der Waals surface area contributed by atoms with Crippen molar-refractivity contribution in [3.8, 4) is 0 Å². The molecular weight excluding hydrogens is 238 g/mol. The smallest absolute Gasteiger partial charge is 0.259 e. The van der Waals surface area contributed by atoms with Crippen LogP contribution in [0.2, 0.25) is 0 Å². The summed E-state index contributed by atoms with van der Waals surface area (Å²) in [5, 5.41) is 6.28. The van der Waals surface area contributed by atoms with Gasteiger partial charge in [-0.25, -0.2) is 4.98 Å². The first-order valence-electron chi connectivity index (χ1n) is 5.03. The lowest BCUT2D eigenvalue weighted by atomic mass is 10.3. The normalized spacial score (nSPS) is 10.5. The number of H-pyrrole nitrogens is 1. The zero-order valence-electron chi connectivity index (χ0n) is 9.60. The highest BCUT2D eigenvalue weighted by Crippen LogP contribution is 2.16. The molecule has 0 aromatic carbocycles. The molecule has 0 unspecified atom stereocenters. The lowest BCUT2D eigenvalue weighted by Gasteiger charge is -2.15. The monoisotopic (exact) mass is 251 g/mol. The maximum atomic E-state index is 12.0.